The first kappa shape index (κ1) is 21.9. The van der Waals surface area contributed by atoms with Crippen LogP contribution in [0.2, 0.25) is 5.02 Å². The highest BCUT2D eigenvalue weighted by Crippen LogP contribution is 2.25. The number of hydrogen-bond acceptors (Lipinski definition) is 2. The summed E-state index contributed by atoms with van der Waals surface area (Å²) in [6.45, 7) is 5.65. The molecule has 4 rings (SSSR count). The highest BCUT2D eigenvalue weighted by atomic mass is 35.5. The molecule has 0 saturated carbocycles. The summed E-state index contributed by atoms with van der Waals surface area (Å²) in [6.07, 6.45) is 6.18. The van der Waals surface area contributed by atoms with Crippen molar-refractivity contribution in [2.24, 2.45) is 5.92 Å². The van der Waals surface area contributed by atoms with E-state index in [4.69, 9.17) is 11.6 Å². The number of aromatic nitrogens is 2. The number of piperidine rings is 1. The van der Waals surface area contributed by atoms with Gasteiger partial charge in [-0.2, -0.15) is 0 Å². The summed E-state index contributed by atoms with van der Waals surface area (Å²) in [7, 11) is 0. The zero-order valence-corrected chi connectivity index (χ0v) is 19.1. The first-order valence-corrected chi connectivity index (χ1v) is 11.9. The van der Waals surface area contributed by atoms with Gasteiger partial charge in [0.05, 0.1) is 11.4 Å². The van der Waals surface area contributed by atoms with E-state index in [0.29, 0.717) is 11.6 Å². The van der Waals surface area contributed by atoms with E-state index < -0.39 is 0 Å². The number of para-hydroxylation sites is 1. The number of likely N-dealkylation sites (tertiary alicyclic amines) is 1. The molecule has 4 nitrogen and oxygen atoms in total. The first-order valence-electron chi connectivity index (χ1n) is 11.5. The summed E-state index contributed by atoms with van der Waals surface area (Å²) in [4.78, 5) is 15.3. The van der Waals surface area contributed by atoms with Crippen LogP contribution >= 0.6 is 11.6 Å². The van der Waals surface area contributed by atoms with Gasteiger partial charge in [0, 0.05) is 13.1 Å². The van der Waals surface area contributed by atoms with Crippen molar-refractivity contribution < 1.29 is 0 Å². The summed E-state index contributed by atoms with van der Waals surface area (Å²) in [6, 6.07) is 20.5. The summed E-state index contributed by atoms with van der Waals surface area (Å²) < 4.78 is 3.75. The van der Waals surface area contributed by atoms with Gasteiger partial charge in [-0.25, -0.2) is 4.68 Å². The Labute approximate surface area is 190 Å². The molecule has 0 spiro atoms. The Morgan fingerprint density at radius 1 is 0.968 bits per heavy atom. The van der Waals surface area contributed by atoms with Crippen molar-refractivity contribution in [1.82, 2.24) is 14.3 Å². The fourth-order valence-corrected chi connectivity index (χ4v) is 4.99. The van der Waals surface area contributed by atoms with Gasteiger partial charge >= 0.3 is 0 Å². The maximum Gasteiger partial charge on any atom is 0.290 e. The van der Waals surface area contributed by atoms with E-state index in [2.05, 4.69) is 42.2 Å². The third-order valence-corrected chi connectivity index (χ3v) is 6.87. The smallest absolute Gasteiger partial charge is 0.290 e. The number of hydrogen-bond donors (Lipinski definition) is 0. The number of nitrogens with zero attached hydrogens (tertiary/aromatic N) is 3. The van der Waals surface area contributed by atoms with E-state index >= 15 is 0 Å². The molecule has 3 aromatic rings. The Kier molecular flexibility index (Phi) is 7.31. The molecule has 2 aromatic carbocycles. The predicted molar refractivity (Wildman–Crippen MR) is 128 cm³/mol. The second kappa shape index (κ2) is 10.3. The second-order valence-corrected chi connectivity index (χ2v) is 8.90. The number of halogens is 1. The van der Waals surface area contributed by atoms with Crippen LogP contribution in [-0.2, 0) is 19.5 Å². The Bertz CT molecular complexity index is 1020. The lowest BCUT2D eigenvalue weighted by Crippen LogP contribution is -2.34. The fourth-order valence-electron chi connectivity index (χ4n) is 4.75. The largest absolute Gasteiger partial charge is 0.297 e. The van der Waals surface area contributed by atoms with Gasteiger partial charge in [0.2, 0.25) is 0 Å². The predicted octanol–water partition coefficient (Wildman–Crippen LogP) is 5.55. The molecule has 164 valence electrons. The van der Waals surface area contributed by atoms with Crippen LogP contribution in [-0.4, -0.2) is 27.4 Å². The normalized spacial score (nSPS) is 15.4. The molecule has 0 bridgehead atoms. The minimum absolute atomic E-state index is 0.125. The Morgan fingerprint density at radius 2 is 1.61 bits per heavy atom. The first-order chi connectivity index (χ1) is 15.2. The van der Waals surface area contributed by atoms with E-state index in [1.807, 2.05) is 35.0 Å². The molecule has 1 aliphatic heterocycles. The highest BCUT2D eigenvalue weighted by molar-refractivity contribution is 6.31. The van der Waals surface area contributed by atoms with E-state index in [0.717, 1.165) is 36.9 Å². The molecule has 5 heteroatoms. The number of rotatable bonds is 8. The van der Waals surface area contributed by atoms with Crippen molar-refractivity contribution in [3.63, 3.8) is 0 Å². The zero-order chi connectivity index (χ0) is 21.6. The summed E-state index contributed by atoms with van der Waals surface area (Å²) in [5.74, 6) is 0.803. The quantitative estimate of drug-likeness (QED) is 0.462. The van der Waals surface area contributed by atoms with E-state index in [-0.39, 0.29) is 5.56 Å². The third-order valence-electron chi connectivity index (χ3n) is 6.49. The molecule has 1 aliphatic rings. The molecule has 1 fully saturated rings. The van der Waals surface area contributed by atoms with Crippen LogP contribution < -0.4 is 5.56 Å². The molecule has 0 radical (unpaired) electrons. The van der Waals surface area contributed by atoms with Gasteiger partial charge in [0.15, 0.2) is 0 Å². The monoisotopic (exact) mass is 437 g/mol. The van der Waals surface area contributed by atoms with Gasteiger partial charge in [0.1, 0.15) is 5.02 Å². The van der Waals surface area contributed by atoms with Gasteiger partial charge in [-0.1, -0.05) is 66.6 Å². The zero-order valence-electron chi connectivity index (χ0n) is 18.3. The van der Waals surface area contributed by atoms with Gasteiger partial charge < -0.3 is 0 Å². The molecule has 1 aromatic heterocycles. The van der Waals surface area contributed by atoms with Gasteiger partial charge in [-0.15, -0.1) is 0 Å². The van der Waals surface area contributed by atoms with Crippen LogP contribution in [0, 0.1) is 5.92 Å². The summed E-state index contributed by atoms with van der Waals surface area (Å²) in [5, 5.41) is 0.357. The topological polar surface area (TPSA) is 30.2 Å². The standard InChI is InChI=1S/C26H32ClN3O/c1-2-29-24(25(27)26(31)30(29)23-14-7-4-8-15-23)20-28-18-16-22(17-19-28)13-9-12-21-10-5-3-6-11-21/h3-8,10-11,14-15,22H,2,9,12-13,16-20H2,1H3. The molecule has 0 aliphatic carbocycles. The minimum atomic E-state index is -0.125. The second-order valence-electron chi connectivity index (χ2n) is 8.53. The van der Waals surface area contributed by atoms with Gasteiger partial charge in [-0.05, 0) is 69.3 Å². The number of aryl methyl sites for hydroxylation is 1. The fraction of sp³-hybridized carbons (Fsp3) is 0.423. The minimum Gasteiger partial charge on any atom is -0.297 e. The van der Waals surface area contributed by atoms with Gasteiger partial charge in [-0.3, -0.25) is 14.4 Å². The Hall–Kier alpha value is -2.30. The van der Waals surface area contributed by atoms with Crippen molar-refractivity contribution in [1.29, 1.82) is 0 Å². The molecule has 31 heavy (non-hydrogen) atoms. The van der Waals surface area contributed by atoms with Crippen LogP contribution in [0.5, 0.6) is 0 Å². The van der Waals surface area contributed by atoms with Crippen LogP contribution in [0.4, 0.5) is 0 Å². The lowest BCUT2D eigenvalue weighted by atomic mass is 9.90. The molecular weight excluding hydrogens is 406 g/mol. The Morgan fingerprint density at radius 3 is 2.26 bits per heavy atom. The van der Waals surface area contributed by atoms with Gasteiger partial charge in [0.25, 0.3) is 5.56 Å². The molecule has 0 unspecified atom stereocenters. The lowest BCUT2D eigenvalue weighted by Gasteiger charge is -2.32. The SMILES string of the molecule is CCn1c(CN2CCC(CCCc3ccccc3)CC2)c(Cl)c(=O)n1-c1ccccc1. The Balaban J connectivity index is 1.36. The van der Waals surface area contributed by atoms with E-state index in [9.17, 15) is 4.79 Å². The van der Waals surface area contributed by atoms with Crippen molar-refractivity contribution in [2.45, 2.75) is 52.1 Å². The van der Waals surface area contributed by atoms with Crippen LogP contribution in [0.3, 0.4) is 0 Å². The lowest BCUT2D eigenvalue weighted by molar-refractivity contribution is 0.167. The summed E-state index contributed by atoms with van der Waals surface area (Å²) in [5.41, 5.74) is 3.11. The molecule has 0 amide bonds. The average molecular weight is 438 g/mol. The molecule has 1 saturated heterocycles. The summed E-state index contributed by atoms with van der Waals surface area (Å²) >= 11 is 6.54. The van der Waals surface area contributed by atoms with E-state index in [1.165, 1.54) is 37.7 Å². The highest BCUT2D eigenvalue weighted by Gasteiger charge is 2.24. The average Bonchev–Trinajstić information content (AvgIpc) is 3.06. The molecular formula is C26H32ClN3O. The van der Waals surface area contributed by atoms with Crippen molar-refractivity contribution in [2.75, 3.05) is 13.1 Å². The van der Waals surface area contributed by atoms with Crippen LogP contribution in [0.1, 0.15) is 43.9 Å². The van der Waals surface area contributed by atoms with Crippen molar-refractivity contribution in [3.8, 4) is 5.69 Å². The number of benzene rings is 2. The van der Waals surface area contributed by atoms with Crippen LogP contribution in [0.15, 0.2) is 65.5 Å². The maximum atomic E-state index is 12.9. The maximum absolute atomic E-state index is 12.9. The molecule has 0 atom stereocenters. The third kappa shape index (κ3) is 5.13. The van der Waals surface area contributed by atoms with Crippen molar-refractivity contribution >= 4 is 11.6 Å². The van der Waals surface area contributed by atoms with Crippen molar-refractivity contribution in [3.05, 3.63) is 87.3 Å². The van der Waals surface area contributed by atoms with E-state index in [1.54, 1.807) is 4.68 Å². The molecule has 2 heterocycles. The molecule has 0 N–H and O–H groups in total. The van der Waals surface area contributed by atoms with Crippen LogP contribution in [0.25, 0.3) is 5.69 Å².